The third-order valence-electron chi connectivity index (χ3n) is 4.86. The fourth-order valence-electron chi connectivity index (χ4n) is 3.66. The van der Waals surface area contributed by atoms with E-state index in [1.54, 1.807) is 41.4 Å². The van der Waals surface area contributed by atoms with Crippen LogP contribution in [-0.4, -0.2) is 28.2 Å². The van der Waals surface area contributed by atoms with E-state index in [1.165, 1.54) is 13.2 Å². The molecule has 6 nitrogen and oxygen atoms in total. The molecule has 0 spiro atoms. The van der Waals surface area contributed by atoms with Gasteiger partial charge in [-0.15, -0.1) is 0 Å². The molecule has 0 radical (unpaired) electrons. The van der Waals surface area contributed by atoms with E-state index in [4.69, 9.17) is 4.74 Å². The van der Waals surface area contributed by atoms with Gasteiger partial charge >= 0.3 is 0 Å². The van der Waals surface area contributed by atoms with Crippen molar-refractivity contribution in [1.82, 2.24) is 15.2 Å². The molecule has 28 heavy (non-hydrogen) atoms. The van der Waals surface area contributed by atoms with Crippen LogP contribution in [0.5, 0.6) is 5.88 Å². The van der Waals surface area contributed by atoms with Crippen LogP contribution in [0.2, 0.25) is 0 Å². The van der Waals surface area contributed by atoms with E-state index < -0.39 is 6.04 Å². The molecule has 1 aliphatic rings. The molecule has 0 fully saturated rings. The number of methoxy groups -OCH3 is 1. The number of H-pyrrole nitrogens is 1. The van der Waals surface area contributed by atoms with Gasteiger partial charge in [0.2, 0.25) is 5.88 Å². The zero-order valence-corrected chi connectivity index (χ0v) is 15.9. The molecule has 4 rings (SSSR count). The van der Waals surface area contributed by atoms with Crippen molar-refractivity contribution in [3.05, 3.63) is 70.9 Å². The van der Waals surface area contributed by atoms with Crippen molar-refractivity contribution in [2.24, 2.45) is 5.92 Å². The fraction of sp³-hybridized carbons (Fsp3) is 0.286. The van der Waals surface area contributed by atoms with E-state index in [2.05, 4.69) is 29.0 Å². The number of hydrogen-bond acceptors (Lipinski definition) is 4. The number of aromatic amines is 1. The Morgan fingerprint density at radius 1 is 1.25 bits per heavy atom. The number of ether oxygens (including phenoxy) is 1. The zero-order chi connectivity index (χ0) is 19.8. The second-order valence-corrected chi connectivity index (χ2v) is 7.22. The van der Waals surface area contributed by atoms with Crippen molar-refractivity contribution in [3.63, 3.8) is 0 Å². The zero-order valence-electron chi connectivity index (χ0n) is 15.9. The maximum Gasteiger partial charge on any atom is 0.280 e. The van der Waals surface area contributed by atoms with Gasteiger partial charge in [0.1, 0.15) is 5.82 Å². The Hall–Kier alpha value is -3.22. The number of nitrogens with one attached hydrogen (secondary N) is 1. The summed E-state index contributed by atoms with van der Waals surface area (Å²) in [5, 5.41) is 7.25. The molecule has 1 unspecified atom stereocenters. The number of pyridine rings is 1. The van der Waals surface area contributed by atoms with E-state index in [9.17, 15) is 9.18 Å². The van der Waals surface area contributed by atoms with E-state index in [-0.39, 0.29) is 11.7 Å². The number of halogens is 1. The standard InChI is InChI=1S/C21H21FN4O2/c1-12(2)10-16-18-19(25-24-16)21(27)26(13-8-9-17(28-3)23-11-13)20(18)14-6-4-5-7-15(14)22/h4-9,11-12,20H,10H2,1-3H3,(H,24,25). The highest BCUT2D eigenvalue weighted by Crippen LogP contribution is 2.43. The van der Waals surface area contributed by atoms with Gasteiger partial charge in [-0.05, 0) is 24.5 Å². The molecule has 7 heteroatoms. The number of benzene rings is 1. The lowest BCUT2D eigenvalue weighted by Crippen LogP contribution is -2.30. The van der Waals surface area contributed by atoms with Gasteiger partial charge in [0.25, 0.3) is 5.91 Å². The summed E-state index contributed by atoms with van der Waals surface area (Å²) in [6, 6.07) is 9.34. The minimum absolute atomic E-state index is 0.276. The van der Waals surface area contributed by atoms with Gasteiger partial charge in [-0.1, -0.05) is 32.0 Å². The summed E-state index contributed by atoms with van der Waals surface area (Å²) in [5.74, 6) is 0.159. The third kappa shape index (κ3) is 2.93. The van der Waals surface area contributed by atoms with Crippen LogP contribution in [0.25, 0.3) is 0 Å². The average Bonchev–Trinajstić information content (AvgIpc) is 3.21. The Labute approximate surface area is 162 Å². The minimum atomic E-state index is -0.605. The third-order valence-corrected chi connectivity index (χ3v) is 4.86. The molecule has 0 saturated carbocycles. The summed E-state index contributed by atoms with van der Waals surface area (Å²) >= 11 is 0. The van der Waals surface area contributed by atoms with Crippen LogP contribution < -0.4 is 9.64 Å². The van der Waals surface area contributed by atoms with Crippen molar-refractivity contribution in [2.75, 3.05) is 12.0 Å². The lowest BCUT2D eigenvalue weighted by molar-refractivity contribution is 0.0988. The van der Waals surface area contributed by atoms with Crippen LogP contribution in [0, 0.1) is 11.7 Å². The van der Waals surface area contributed by atoms with Crippen molar-refractivity contribution in [3.8, 4) is 5.88 Å². The number of aromatic nitrogens is 3. The van der Waals surface area contributed by atoms with Gasteiger partial charge in [0, 0.05) is 22.9 Å². The van der Waals surface area contributed by atoms with Gasteiger partial charge in [-0.3, -0.25) is 14.8 Å². The molecule has 3 aromatic rings. The molecule has 0 bridgehead atoms. The first-order valence-electron chi connectivity index (χ1n) is 9.16. The van der Waals surface area contributed by atoms with E-state index in [0.29, 0.717) is 28.7 Å². The Morgan fingerprint density at radius 3 is 2.68 bits per heavy atom. The van der Waals surface area contributed by atoms with Gasteiger partial charge in [0.05, 0.1) is 25.0 Å². The van der Waals surface area contributed by atoms with Crippen LogP contribution in [0.1, 0.15) is 47.2 Å². The molecule has 1 N–H and O–H groups in total. The van der Waals surface area contributed by atoms with Crippen molar-refractivity contribution in [2.45, 2.75) is 26.3 Å². The average molecular weight is 380 g/mol. The Bertz CT molecular complexity index is 1010. The predicted octanol–water partition coefficient (Wildman–Crippen LogP) is 3.90. The first-order valence-corrected chi connectivity index (χ1v) is 9.16. The Kier molecular flexibility index (Phi) is 4.58. The van der Waals surface area contributed by atoms with Gasteiger partial charge < -0.3 is 4.74 Å². The molecule has 0 saturated heterocycles. The van der Waals surface area contributed by atoms with E-state index >= 15 is 0 Å². The van der Waals surface area contributed by atoms with Gasteiger partial charge in [-0.2, -0.15) is 5.10 Å². The first-order chi connectivity index (χ1) is 13.5. The monoisotopic (exact) mass is 380 g/mol. The molecule has 1 aromatic carbocycles. The summed E-state index contributed by atoms with van der Waals surface area (Å²) in [6.45, 7) is 4.18. The second-order valence-electron chi connectivity index (χ2n) is 7.22. The molecule has 2 aromatic heterocycles. The number of amides is 1. The smallest absolute Gasteiger partial charge is 0.280 e. The van der Waals surface area contributed by atoms with Crippen LogP contribution in [0.4, 0.5) is 10.1 Å². The normalized spacial score (nSPS) is 16.0. The van der Waals surface area contributed by atoms with E-state index in [1.807, 2.05) is 0 Å². The lowest BCUT2D eigenvalue weighted by Gasteiger charge is -2.26. The number of fused-ring (bicyclic) bond motifs is 1. The van der Waals surface area contributed by atoms with Gasteiger partial charge in [0.15, 0.2) is 5.69 Å². The molecule has 1 atom stereocenters. The Balaban J connectivity index is 1.88. The highest BCUT2D eigenvalue weighted by atomic mass is 19.1. The first kappa shape index (κ1) is 18.2. The molecule has 3 heterocycles. The highest BCUT2D eigenvalue weighted by Gasteiger charge is 2.44. The largest absolute Gasteiger partial charge is 0.481 e. The fourth-order valence-corrected chi connectivity index (χ4v) is 3.66. The summed E-state index contributed by atoms with van der Waals surface area (Å²) < 4.78 is 19.9. The molecular formula is C21H21FN4O2. The highest BCUT2D eigenvalue weighted by molar-refractivity contribution is 6.10. The summed E-state index contributed by atoms with van der Waals surface area (Å²) in [5.41, 5.74) is 2.92. The molecule has 0 aliphatic carbocycles. The minimum Gasteiger partial charge on any atom is -0.481 e. The number of anilines is 1. The quantitative estimate of drug-likeness (QED) is 0.729. The molecular weight excluding hydrogens is 359 g/mol. The SMILES string of the molecule is COc1ccc(N2C(=O)c3n[nH]c(CC(C)C)c3C2c2ccccc2F)cn1. The van der Waals surface area contributed by atoms with Crippen LogP contribution in [-0.2, 0) is 6.42 Å². The summed E-state index contributed by atoms with van der Waals surface area (Å²) in [6.07, 6.45) is 2.28. The predicted molar refractivity (Wildman–Crippen MR) is 103 cm³/mol. The second kappa shape index (κ2) is 7.07. The number of carbonyl (C=O) groups excluding carboxylic acids is 1. The summed E-state index contributed by atoms with van der Waals surface area (Å²) in [7, 11) is 1.53. The van der Waals surface area contributed by atoms with Crippen LogP contribution in [0.3, 0.4) is 0 Å². The summed E-state index contributed by atoms with van der Waals surface area (Å²) in [4.78, 5) is 19.0. The number of rotatable bonds is 5. The molecule has 1 amide bonds. The van der Waals surface area contributed by atoms with Crippen molar-refractivity contribution in [1.29, 1.82) is 0 Å². The van der Waals surface area contributed by atoms with E-state index in [0.717, 1.165) is 17.7 Å². The lowest BCUT2D eigenvalue weighted by atomic mass is 9.95. The number of carbonyl (C=O) groups is 1. The van der Waals surface area contributed by atoms with Crippen LogP contribution >= 0.6 is 0 Å². The van der Waals surface area contributed by atoms with Crippen LogP contribution in [0.15, 0.2) is 42.6 Å². The Morgan fingerprint density at radius 2 is 2.04 bits per heavy atom. The van der Waals surface area contributed by atoms with Gasteiger partial charge in [-0.25, -0.2) is 9.37 Å². The number of hydrogen-bond donors (Lipinski definition) is 1. The maximum absolute atomic E-state index is 14.8. The molecule has 1 aliphatic heterocycles. The topological polar surface area (TPSA) is 71.1 Å². The maximum atomic E-state index is 14.8. The van der Waals surface area contributed by atoms with Crippen molar-refractivity contribution >= 4 is 11.6 Å². The van der Waals surface area contributed by atoms with Crippen molar-refractivity contribution < 1.29 is 13.9 Å². The number of nitrogens with zero attached hydrogens (tertiary/aromatic N) is 3. The molecule has 144 valence electrons.